The van der Waals surface area contributed by atoms with Crippen molar-refractivity contribution in [2.75, 3.05) is 0 Å². The number of allylic oxidation sites excluding steroid dienone is 1. The van der Waals surface area contributed by atoms with Crippen LogP contribution >= 0.6 is 0 Å². The minimum absolute atomic E-state index is 0.270. The van der Waals surface area contributed by atoms with Crippen LogP contribution in [0, 0.1) is 6.92 Å². The fourth-order valence-electron chi connectivity index (χ4n) is 2.07. The number of pyridine rings is 1. The number of benzene rings is 1. The summed E-state index contributed by atoms with van der Waals surface area (Å²) in [6.07, 6.45) is 3.26. The molecule has 4 nitrogen and oxygen atoms in total. The van der Waals surface area contributed by atoms with Gasteiger partial charge in [0, 0.05) is 11.8 Å². The molecule has 0 aliphatic heterocycles. The number of hydrogen-bond acceptors (Lipinski definition) is 3. The lowest BCUT2D eigenvalue weighted by atomic mass is 10.00. The van der Waals surface area contributed by atoms with E-state index in [9.17, 15) is 9.90 Å². The van der Waals surface area contributed by atoms with Crippen LogP contribution < -0.4 is 4.74 Å². The standard InChI is InChI=1S/C17H17NO3/c1-3-14(17(19)20)15-9-5-4-8-13(15)11-21-16-12(2)7-6-10-18-16/h3-10H,11H2,1-2H3,(H,19,20)/b14-3+. The van der Waals surface area contributed by atoms with E-state index in [0.717, 1.165) is 11.1 Å². The largest absolute Gasteiger partial charge is 0.478 e. The summed E-state index contributed by atoms with van der Waals surface area (Å²) in [6, 6.07) is 11.1. The van der Waals surface area contributed by atoms with E-state index in [4.69, 9.17) is 4.74 Å². The summed E-state index contributed by atoms with van der Waals surface area (Å²) >= 11 is 0. The molecule has 0 unspecified atom stereocenters. The van der Waals surface area contributed by atoms with Crippen LogP contribution in [0.2, 0.25) is 0 Å². The lowest BCUT2D eigenvalue weighted by Crippen LogP contribution is -2.06. The summed E-state index contributed by atoms with van der Waals surface area (Å²) in [7, 11) is 0. The van der Waals surface area contributed by atoms with Crippen LogP contribution in [0.1, 0.15) is 23.6 Å². The van der Waals surface area contributed by atoms with Crippen molar-refractivity contribution in [3.63, 3.8) is 0 Å². The zero-order valence-electron chi connectivity index (χ0n) is 12.0. The molecular weight excluding hydrogens is 266 g/mol. The van der Waals surface area contributed by atoms with Crippen molar-refractivity contribution in [1.29, 1.82) is 0 Å². The number of aliphatic carboxylic acids is 1. The Kier molecular flexibility index (Phi) is 4.72. The first-order chi connectivity index (χ1) is 10.1. The number of aromatic nitrogens is 1. The fourth-order valence-corrected chi connectivity index (χ4v) is 2.07. The Hall–Kier alpha value is -2.62. The van der Waals surface area contributed by atoms with Crippen LogP contribution in [0.3, 0.4) is 0 Å². The number of aryl methyl sites for hydroxylation is 1. The van der Waals surface area contributed by atoms with Gasteiger partial charge in [0.05, 0.1) is 5.57 Å². The van der Waals surface area contributed by atoms with E-state index in [1.54, 1.807) is 25.3 Å². The van der Waals surface area contributed by atoms with Crippen molar-refractivity contribution in [1.82, 2.24) is 4.98 Å². The van der Waals surface area contributed by atoms with Crippen molar-refractivity contribution in [3.05, 3.63) is 65.4 Å². The van der Waals surface area contributed by atoms with Crippen LogP contribution in [-0.4, -0.2) is 16.1 Å². The molecule has 1 N–H and O–H groups in total. The van der Waals surface area contributed by atoms with E-state index in [0.29, 0.717) is 11.4 Å². The molecule has 0 spiro atoms. The smallest absolute Gasteiger partial charge is 0.335 e. The number of hydrogen-bond donors (Lipinski definition) is 1. The first-order valence-corrected chi connectivity index (χ1v) is 6.65. The quantitative estimate of drug-likeness (QED) is 0.854. The van der Waals surface area contributed by atoms with Crippen molar-refractivity contribution in [3.8, 4) is 5.88 Å². The Morgan fingerprint density at radius 2 is 2.05 bits per heavy atom. The van der Waals surface area contributed by atoms with Crippen LogP contribution in [0.25, 0.3) is 5.57 Å². The van der Waals surface area contributed by atoms with E-state index in [2.05, 4.69) is 4.98 Å². The van der Waals surface area contributed by atoms with Crippen molar-refractivity contribution >= 4 is 11.5 Å². The molecule has 0 saturated carbocycles. The van der Waals surface area contributed by atoms with Crippen molar-refractivity contribution < 1.29 is 14.6 Å². The lowest BCUT2D eigenvalue weighted by Gasteiger charge is -2.12. The highest BCUT2D eigenvalue weighted by molar-refractivity contribution is 6.15. The van der Waals surface area contributed by atoms with Gasteiger partial charge in [0.2, 0.25) is 5.88 Å². The number of carboxylic acids is 1. The van der Waals surface area contributed by atoms with E-state index in [1.165, 1.54) is 0 Å². The molecule has 1 aromatic carbocycles. The Labute approximate surface area is 123 Å². The molecule has 1 aromatic heterocycles. The summed E-state index contributed by atoms with van der Waals surface area (Å²) in [5, 5.41) is 9.26. The van der Waals surface area contributed by atoms with E-state index >= 15 is 0 Å². The predicted octanol–water partition coefficient (Wildman–Crippen LogP) is 3.46. The SMILES string of the molecule is C/C=C(/C(=O)O)c1ccccc1COc1ncccc1C. The normalized spacial score (nSPS) is 11.2. The zero-order chi connectivity index (χ0) is 15.2. The van der Waals surface area contributed by atoms with Gasteiger partial charge in [0.25, 0.3) is 0 Å². The van der Waals surface area contributed by atoms with Crippen LogP contribution in [0.5, 0.6) is 5.88 Å². The topological polar surface area (TPSA) is 59.4 Å². The van der Waals surface area contributed by atoms with E-state index in [1.807, 2.05) is 37.3 Å². The Morgan fingerprint density at radius 3 is 2.71 bits per heavy atom. The first-order valence-electron chi connectivity index (χ1n) is 6.65. The molecule has 0 atom stereocenters. The van der Waals surface area contributed by atoms with Gasteiger partial charge >= 0.3 is 5.97 Å². The van der Waals surface area contributed by atoms with Crippen LogP contribution in [-0.2, 0) is 11.4 Å². The predicted molar refractivity (Wildman–Crippen MR) is 81.0 cm³/mol. The Morgan fingerprint density at radius 1 is 1.29 bits per heavy atom. The van der Waals surface area contributed by atoms with Gasteiger partial charge in [-0.2, -0.15) is 0 Å². The number of ether oxygens (including phenoxy) is 1. The second-order valence-corrected chi connectivity index (χ2v) is 4.58. The van der Waals surface area contributed by atoms with Gasteiger partial charge in [-0.1, -0.05) is 36.4 Å². The van der Waals surface area contributed by atoms with Gasteiger partial charge in [-0.05, 0) is 31.0 Å². The summed E-state index contributed by atoms with van der Waals surface area (Å²) in [5.74, 6) is -0.386. The molecule has 0 radical (unpaired) electrons. The van der Waals surface area contributed by atoms with Crippen LogP contribution in [0.15, 0.2) is 48.7 Å². The van der Waals surface area contributed by atoms with Crippen molar-refractivity contribution in [2.24, 2.45) is 0 Å². The third-order valence-corrected chi connectivity index (χ3v) is 3.15. The molecule has 21 heavy (non-hydrogen) atoms. The number of carbonyl (C=O) groups is 1. The molecule has 0 saturated heterocycles. The van der Waals surface area contributed by atoms with Gasteiger partial charge in [-0.25, -0.2) is 9.78 Å². The third kappa shape index (κ3) is 3.48. The number of nitrogens with zero attached hydrogens (tertiary/aromatic N) is 1. The Bertz CT molecular complexity index is 677. The third-order valence-electron chi connectivity index (χ3n) is 3.15. The highest BCUT2D eigenvalue weighted by Crippen LogP contribution is 2.22. The van der Waals surface area contributed by atoms with Crippen LogP contribution in [0.4, 0.5) is 0 Å². The van der Waals surface area contributed by atoms with Gasteiger partial charge < -0.3 is 9.84 Å². The number of carboxylic acid groups (broad SMARTS) is 1. The molecule has 0 fully saturated rings. The summed E-state index contributed by atoms with van der Waals surface area (Å²) < 4.78 is 5.71. The molecular formula is C17H17NO3. The van der Waals surface area contributed by atoms with Gasteiger partial charge in [-0.3, -0.25) is 0 Å². The van der Waals surface area contributed by atoms with E-state index in [-0.39, 0.29) is 12.2 Å². The molecule has 0 bridgehead atoms. The fraction of sp³-hybridized carbons (Fsp3) is 0.176. The molecule has 0 amide bonds. The molecule has 4 heteroatoms. The summed E-state index contributed by atoms with van der Waals surface area (Å²) in [5.41, 5.74) is 2.70. The molecule has 0 aliphatic rings. The molecule has 1 heterocycles. The summed E-state index contributed by atoms with van der Waals surface area (Å²) in [6.45, 7) is 3.91. The molecule has 2 aromatic rings. The lowest BCUT2D eigenvalue weighted by molar-refractivity contribution is -0.130. The minimum atomic E-state index is -0.945. The molecule has 0 aliphatic carbocycles. The van der Waals surface area contributed by atoms with Gasteiger partial charge in [0.1, 0.15) is 6.61 Å². The van der Waals surface area contributed by atoms with Gasteiger partial charge in [-0.15, -0.1) is 0 Å². The molecule has 108 valence electrons. The average molecular weight is 283 g/mol. The second kappa shape index (κ2) is 6.70. The first kappa shape index (κ1) is 14.8. The highest BCUT2D eigenvalue weighted by Gasteiger charge is 2.13. The average Bonchev–Trinajstić information content (AvgIpc) is 2.48. The maximum Gasteiger partial charge on any atom is 0.335 e. The highest BCUT2D eigenvalue weighted by atomic mass is 16.5. The number of rotatable bonds is 5. The maximum absolute atomic E-state index is 11.3. The van der Waals surface area contributed by atoms with E-state index < -0.39 is 5.97 Å². The zero-order valence-corrected chi connectivity index (χ0v) is 12.0. The van der Waals surface area contributed by atoms with Gasteiger partial charge in [0.15, 0.2) is 0 Å². The minimum Gasteiger partial charge on any atom is -0.478 e. The summed E-state index contributed by atoms with van der Waals surface area (Å²) in [4.78, 5) is 15.5. The molecule has 2 rings (SSSR count). The maximum atomic E-state index is 11.3. The van der Waals surface area contributed by atoms with Crippen molar-refractivity contribution in [2.45, 2.75) is 20.5 Å². The Balaban J connectivity index is 2.25. The second-order valence-electron chi connectivity index (χ2n) is 4.58. The monoisotopic (exact) mass is 283 g/mol.